The Hall–Kier alpha value is -18.8. The zero-order chi connectivity index (χ0) is 90.8. The molecule has 12 nitrogen and oxygen atoms in total. The molecule has 28 aromatic rings. The largest absolute Gasteiger partial charge is 0.456 e. The SMILES string of the molecule is c1ccc(-c2ccc3c(c2)c2ccccc2n3-c2cccc(-c3nc(-c4cccc(-n5c6ccccc6c6cc(-c7ccccc7)ccc65)c4)nc(-c4ccc5c(c4)oc4ccccc45)n3)c2)cc1.c1ccc(-c2ccc3c(c2)c2ccccc2n3-c2cccc(-c3nc(-c4cccc(-n5c6ccccc6c6cc(-c7ccccc7)ccc65)c4)nc(-c4ccc5oc6ccccc6c5c4)n3)c2)cc1. The molecule has 138 heavy (non-hydrogen) atoms. The van der Waals surface area contributed by atoms with Crippen LogP contribution in [-0.2, 0) is 0 Å². The Morgan fingerprint density at radius 2 is 0.341 bits per heavy atom. The monoisotopic (exact) mass is 1760 g/mol. The molecule has 0 fully saturated rings. The minimum absolute atomic E-state index is 0.559. The second kappa shape index (κ2) is 32.6. The maximum absolute atomic E-state index is 6.39. The van der Waals surface area contributed by atoms with Crippen LogP contribution in [0.5, 0.6) is 0 Å². The molecule has 0 saturated carbocycles. The topological polar surface area (TPSA) is 123 Å². The third kappa shape index (κ3) is 13.6. The summed E-state index contributed by atoms with van der Waals surface area (Å²) in [5.74, 6) is 3.44. The lowest BCUT2D eigenvalue weighted by Gasteiger charge is -2.13. The summed E-state index contributed by atoms with van der Waals surface area (Å²) in [4.78, 5) is 31.7. The number of rotatable bonds is 14. The van der Waals surface area contributed by atoms with Gasteiger partial charge < -0.3 is 27.1 Å². The van der Waals surface area contributed by atoms with E-state index in [1.807, 2.05) is 48.5 Å². The van der Waals surface area contributed by atoms with E-state index in [-0.39, 0.29) is 0 Å². The fourth-order valence-corrected chi connectivity index (χ4v) is 20.6. The first kappa shape index (κ1) is 79.0. The Balaban J connectivity index is 0.000000139. The van der Waals surface area contributed by atoms with Gasteiger partial charge >= 0.3 is 0 Å². The van der Waals surface area contributed by atoms with Gasteiger partial charge in [-0.25, -0.2) is 29.9 Å². The lowest BCUT2D eigenvalue weighted by Crippen LogP contribution is -2.02. The Bertz CT molecular complexity index is 9300. The molecule has 0 radical (unpaired) electrons. The van der Waals surface area contributed by atoms with Crippen LogP contribution >= 0.6 is 0 Å². The number of benzene rings is 20. The quantitative estimate of drug-likeness (QED) is 0.105. The fraction of sp³-hybridized carbons (Fsp3) is 0. The minimum Gasteiger partial charge on any atom is -0.456 e. The summed E-state index contributed by atoms with van der Waals surface area (Å²) >= 11 is 0. The van der Waals surface area contributed by atoms with E-state index in [9.17, 15) is 0 Å². The fourth-order valence-electron chi connectivity index (χ4n) is 20.6. The normalized spacial score (nSPS) is 11.8. The Kier molecular flexibility index (Phi) is 18.7. The average Bonchev–Trinajstić information content (AvgIpc) is 1.61. The van der Waals surface area contributed by atoms with Crippen LogP contribution in [0.2, 0.25) is 0 Å². The first-order valence-corrected chi connectivity index (χ1v) is 46.5. The number of para-hydroxylation sites is 6. The predicted octanol–water partition coefficient (Wildman–Crippen LogP) is 32.6. The van der Waals surface area contributed by atoms with Crippen LogP contribution in [0.15, 0.2) is 482 Å². The summed E-state index contributed by atoms with van der Waals surface area (Å²) in [6.07, 6.45) is 0. The van der Waals surface area contributed by atoms with Crippen LogP contribution in [0.3, 0.4) is 0 Å². The van der Waals surface area contributed by atoms with Crippen molar-refractivity contribution in [1.82, 2.24) is 48.2 Å². The molecule has 0 N–H and O–H groups in total. The van der Waals surface area contributed by atoms with Crippen LogP contribution in [-0.4, -0.2) is 48.2 Å². The molecule has 0 unspecified atom stereocenters. The van der Waals surface area contributed by atoms with Crippen molar-refractivity contribution in [3.05, 3.63) is 473 Å². The van der Waals surface area contributed by atoms with Gasteiger partial charge in [-0.05, 0) is 208 Å². The zero-order valence-corrected chi connectivity index (χ0v) is 74.3. The number of hydrogen-bond donors (Lipinski definition) is 0. The van der Waals surface area contributed by atoms with Crippen molar-refractivity contribution in [3.8, 4) is 136 Å². The zero-order valence-electron chi connectivity index (χ0n) is 74.3. The van der Waals surface area contributed by atoms with E-state index in [2.05, 4.69) is 443 Å². The van der Waals surface area contributed by atoms with Gasteiger partial charge in [-0.3, -0.25) is 0 Å². The summed E-state index contributed by atoms with van der Waals surface area (Å²) in [6, 6.07) is 167. The molecule has 0 amide bonds. The van der Waals surface area contributed by atoms with Crippen molar-refractivity contribution in [2.24, 2.45) is 0 Å². The van der Waals surface area contributed by atoms with E-state index in [4.69, 9.17) is 38.7 Å². The molecule has 8 heterocycles. The van der Waals surface area contributed by atoms with Crippen LogP contribution in [0.25, 0.3) is 267 Å². The molecular formula is C126H78N10O2. The molecule has 28 rings (SSSR count). The molecule has 20 aromatic carbocycles. The van der Waals surface area contributed by atoms with Crippen molar-refractivity contribution >= 4 is 131 Å². The van der Waals surface area contributed by atoms with Crippen molar-refractivity contribution in [2.75, 3.05) is 0 Å². The van der Waals surface area contributed by atoms with E-state index >= 15 is 0 Å². The summed E-state index contributed by atoms with van der Waals surface area (Å²) in [5.41, 5.74) is 31.1. The molecule has 12 heteroatoms. The molecule has 0 saturated heterocycles. The molecule has 0 aliphatic heterocycles. The number of fused-ring (bicyclic) bond motifs is 18. The van der Waals surface area contributed by atoms with Gasteiger partial charge in [0.1, 0.15) is 22.3 Å². The van der Waals surface area contributed by atoms with E-state index in [0.29, 0.717) is 34.9 Å². The molecule has 8 aromatic heterocycles. The lowest BCUT2D eigenvalue weighted by atomic mass is 10.0. The summed E-state index contributed by atoms with van der Waals surface area (Å²) in [6.45, 7) is 0. The van der Waals surface area contributed by atoms with Gasteiger partial charge in [0.05, 0.1) is 44.1 Å². The highest BCUT2D eigenvalue weighted by molar-refractivity contribution is 6.15. The molecule has 0 aliphatic carbocycles. The van der Waals surface area contributed by atoms with E-state index < -0.39 is 0 Å². The molecule has 644 valence electrons. The highest BCUT2D eigenvalue weighted by Crippen LogP contribution is 2.45. The number of furan rings is 2. The van der Waals surface area contributed by atoms with Gasteiger partial charge in [-0.1, -0.05) is 309 Å². The summed E-state index contributed by atoms with van der Waals surface area (Å²) < 4.78 is 22.0. The summed E-state index contributed by atoms with van der Waals surface area (Å²) in [5, 5.41) is 13.8. The molecule has 0 spiro atoms. The first-order valence-electron chi connectivity index (χ1n) is 46.5. The maximum Gasteiger partial charge on any atom is 0.164 e. The van der Waals surface area contributed by atoms with Crippen LogP contribution in [0.1, 0.15) is 0 Å². The third-order valence-corrected chi connectivity index (χ3v) is 27.1. The standard InChI is InChI=1S/2C63H39N5O/c1-3-15-40(16-4-1)42-30-33-57-53(37-42)49-23-7-10-26-55(49)67(57)47-21-13-19-44(35-47)61-64-62(66-63(65-61)46-29-32-52-51-25-9-12-28-59(51)69-60(52)39-46)45-20-14-22-48(36-45)68-56-27-11-8-24-50(56)54-38-43(31-34-58(54)68)41-17-5-2-6-18-41;1-3-15-40(16-4-1)42-29-32-57-52(37-42)49-23-7-10-26-55(49)67(57)47-21-13-19-44(35-47)61-64-62(66-63(65-61)46-31-34-60-54(39-46)51-25-9-12-28-59(51)69-60)45-20-14-22-48(36-45)68-56-27-11-8-24-50(56)53-38-43(30-33-58(53)68)41-17-5-2-6-18-41/h2*1-39H. The molecule has 0 aliphatic rings. The number of hydrogen-bond acceptors (Lipinski definition) is 8. The van der Waals surface area contributed by atoms with Crippen molar-refractivity contribution in [1.29, 1.82) is 0 Å². The van der Waals surface area contributed by atoms with Crippen LogP contribution < -0.4 is 0 Å². The van der Waals surface area contributed by atoms with Gasteiger partial charge in [0.25, 0.3) is 0 Å². The second-order valence-corrected chi connectivity index (χ2v) is 35.2. The van der Waals surface area contributed by atoms with E-state index in [1.54, 1.807) is 0 Å². The van der Waals surface area contributed by atoms with Crippen molar-refractivity contribution in [2.45, 2.75) is 0 Å². The first-order chi connectivity index (χ1) is 68.4. The Morgan fingerprint density at radius 3 is 0.667 bits per heavy atom. The third-order valence-electron chi connectivity index (χ3n) is 27.1. The molecule has 0 bridgehead atoms. The lowest BCUT2D eigenvalue weighted by molar-refractivity contribution is 0.668. The van der Waals surface area contributed by atoms with Crippen molar-refractivity contribution < 1.29 is 8.83 Å². The van der Waals surface area contributed by atoms with E-state index in [0.717, 1.165) is 144 Å². The van der Waals surface area contributed by atoms with Crippen LogP contribution in [0, 0.1) is 0 Å². The number of aromatic nitrogens is 10. The minimum atomic E-state index is 0.559. The Morgan fingerprint density at radius 1 is 0.123 bits per heavy atom. The highest BCUT2D eigenvalue weighted by Gasteiger charge is 2.25. The summed E-state index contributed by atoms with van der Waals surface area (Å²) in [7, 11) is 0. The Labute approximate surface area is 791 Å². The van der Waals surface area contributed by atoms with Crippen molar-refractivity contribution in [3.63, 3.8) is 0 Å². The van der Waals surface area contributed by atoms with Gasteiger partial charge in [-0.2, -0.15) is 0 Å². The number of nitrogens with zero attached hydrogens (tertiary/aromatic N) is 10. The van der Waals surface area contributed by atoms with Gasteiger partial charge in [0.15, 0.2) is 34.9 Å². The maximum atomic E-state index is 6.39. The van der Waals surface area contributed by atoms with Gasteiger partial charge in [-0.15, -0.1) is 0 Å². The molecule has 0 atom stereocenters. The predicted molar refractivity (Wildman–Crippen MR) is 566 cm³/mol. The molecular weight excluding hydrogens is 1690 g/mol. The highest BCUT2D eigenvalue weighted by atomic mass is 16.3. The van der Waals surface area contributed by atoms with Crippen LogP contribution in [0.4, 0.5) is 0 Å². The van der Waals surface area contributed by atoms with Gasteiger partial charge in [0.2, 0.25) is 0 Å². The van der Waals surface area contributed by atoms with E-state index in [1.165, 1.54) is 87.6 Å². The second-order valence-electron chi connectivity index (χ2n) is 35.2. The average molecular weight is 1760 g/mol. The van der Waals surface area contributed by atoms with Gasteiger partial charge in [0, 0.05) is 121 Å². The smallest absolute Gasteiger partial charge is 0.164 e.